The molecule has 3 nitrogen and oxygen atoms in total. The number of hydrogen-bond donors (Lipinski definition) is 1. The zero-order valence-corrected chi connectivity index (χ0v) is 11.6. The molecule has 94 valence electrons. The lowest BCUT2D eigenvalue weighted by Gasteiger charge is -2.04. The number of benzene rings is 1. The molecule has 5 heteroatoms. The van der Waals surface area contributed by atoms with E-state index in [1.165, 1.54) is 4.88 Å². The Balaban J connectivity index is 1.99. The van der Waals surface area contributed by atoms with Crippen LogP contribution in [-0.2, 0) is 6.42 Å². The van der Waals surface area contributed by atoms with Crippen molar-refractivity contribution >= 4 is 29.1 Å². The predicted octanol–water partition coefficient (Wildman–Crippen LogP) is 3.48. The molecular formula is C13H13NO2S2. The molecule has 0 radical (unpaired) electrons. The van der Waals surface area contributed by atoms with Gasteiger partial charge in [0.15, 0.2) is 0 Å². The lowest BCUT2D eigenvalue weighted by molar-refractivity contribution is 0.0693. The van der Waals surface area contributed by atoms with Crippen molar-refractivity contribution in [2.75, 3.05) is 5.75 Å². The van der Waals surface area contributed by atoms with Crippen molar-refractivity contribution < 1.29 is 9.90 Å². The molecule has 0 spiro atoms. The molecule has 0 saturated heterocycles. The number of aryl methyl sites for hydroxylation is 2. The van der Waals surface area contributed by atoms with Crippen LogP contribution < -0.4 is 0 Å². The molecule has 0 bridgehead atoms. The van der Waals surface area contributed by atoms with Crippen LogP contribution in [0.1, 0.15) is 20.9 Å². The standard InChI is InChI=1S/C13H13NO2S2/c1-9-11(18-8-14-9)6-7-17-12-5-3-2-4-10(12)13(15)16/h2-5,8H,6-7H2,1H3,(H,15,16). The van der Waals surface area contributed by atoms with Crippen molar-refractivity contribution in [3.05, 3.63) is 45.9 Å². The molecule has 1 N–H and O–H groups in total. The number of rotatable bonds is 5. The summed E-state index contributed by atoms with van der Waals surface area (Å²) in [5, 5.41) is 9.07. The third kappa shape index (κ3) is 3.11. The monoisotopic (exact) mass is 279 g/mol. The van der Waals surface area contributed by atoms with Crippen molar-refractivity contribution in [2.24, 2.45) is 0 Å². The molecule has 1 aromatic carbocycles. The molecule has 2 aromatic rings. The van der Waals surface area contributed by atoms with E-state index in [0.29, 0.717) is 5.56 Å². The van der Waals surface area contributed by atoms with Gasteiger partial charge in [-0.2, -0.15) is 0 Å². The fourth-order valence-corrected chi connectivity index (χ4v) is 3.51. The summed E-state index contributed by atoms with van der Waals surface area (Å²) < 4.78 is 0. The van der Waals surface area contributed by atoms with E-state index >= 15 is 0 Å². The third-order valence-electron chi connectivity index (χ3n) is 2.55. The molecule has 0 aliphatic heterocycles. The molecule has 18 heavy (non-hydrogen) atoms. The predicted molar refractivity (Wildman–Crippen MR) is 74.7 cm³/mol. The van der Waals surface area contributed by atoms with Gasteiger partial charge in [0, 0.05) is 15.5 Å². The average molecular weight is 279 g/mol. The van der Waals surface area contributed by atoms with E-state index in [0.717, 1.165) is 22.8 Å². The first kappa shape index (κ1) is 13.1. The van der Waals surface area contributed by atoms with Crippen molar-refractivity contribution in [3.8, 4) is 0 Å². The van der Waals surface area contributed by atoms with Crippen LogP contribution in [0.5, 0.6) is 0 Å². The van der Waals surface area contributed by atoms with E-state index in [4.69, 9.17) is 5.11 Å². The summed E-state index contributed by atoms with van der Waals surface area (Å²) >= 11 is 3.23. The van der Waals surface area contributed by atoms with Crippen LogP contribution in [0.25, 0.3) is 0 Å². The number of carboxylic acids is 1. The van der Waals surface area contributed by atoms with Gasteiger partial charge in [0.1, 0.15) is 0 Å². The van der Waals surface area contributed by atoms with E-state index in [1.54, 1.807) is 35.2 Å². The first-order valence-electron chi connectivity index (χ1n) is 5.52. The Morgan fingerprint density at radius 3 is 2.89 bits per heavy atom. The molecule has 0 amide bonds. The number of carbonyl (C=O) groups is 1. The highest BCUT2D eigenvalue weighted by molar-refractivity contribution is 7.99. The van der Waals surface area contributed by atoms with Crippen molar-refractivity contribution in [3.63, 3.8) is 0 Å². The highest BCUT2D eigenvalue weighted by Gasteiger charge is 2.09. The summed E-state index contributed by atoms with van der Waals surface area (Å²) in [7, 11) is 0. The number of thioether (sulfide) groups is 1. The number of aromatic carboxylic acids is 1. The number of nitrogens with zero attached hydrogens (tertiary/aromatic N) is 1. The fourth-order valence-electron chi connectivity index (χ4n) is 1.59. The van der Waals surface area contributed by atoms with Crippen molar-refractivity contribution in [1.82, 2.24) is 4.98 Å². The summed E-state index contributed by atoms with van der Waals surface area (Å²) in [6.45, 7) is 2.00. The van der Waals surface area contributed by atoms with Crippen LogP contribution in [-0.4, -0.2) is 21.8 Å². The fraction of sp³-hybridized carbons (Fsp3) is 0.231. The van der Waals surface area contributed by atoms with Crippen LogP contribution in [0.15, 0.2) is 34.7 Å². The summed E-state index contributed by atoms with van der Waals surface area (Å²) in [4.78, 5) is 17.3. The minimum Gasteiger partial charge on any atom is -0.478 e. The third-order valence-corrected chi connectivity index (χ3v) is 4.62. The average Bonchev–Trinajstić information content (AvgIpc) is 2.76. The smallest absolute Gasteiger partial charge is 0.336 e. The van der Waals surface area contributed by atoms with Gasteiger partial charge in [0.25, 0.3) is 0 Å². The second kappa shape index (κ2) is 6.02. The van der Waals surface area contributed by atoms with Gasteiger partial charge < -0.3 is 5.11 Å². The normalized spacial score (nSPS) is 10.5. The first-order chi connectivity index (χ1) is 8.68. The van der Waals surface area contributed by atoms with Gasteiger partial charge in [-0.05, 0) is 25.5 Å². The van der Waals surface area contributed by atoms with Gasteiger partial charge in [-0.25, -0.2) is 9.78 Å². The van der Waals surface area contributed by atoms with Gasteiger partial charge in [0.2, 0.25) is 0 Å². The topological polar surface area (TPSA) is 50.2 Å². The number of aromatic nitrogens is 1. The molecule has 1 aromatic heterocycles. The quantitative estimate of drug-likeness (QED) is 0.851. The van der Waals surface area contributed by atoms with Crippen molar-refractivity contribution in [1.29, 1.82) is 0 Å². The zero-order valence-electron chi connectivity index (χ0n) is 9.92. The minimum absolute atomic E-state index is 0.378. The summed E-state index contributed by atoms with van der Waals surface area (Å²) in [5.41, 5.74) is 3.30. The summed E-state index contributed by atoms with van der Waals surface area (Å²) in [5.74, 6) is -0.0000733. The van der Waals surface area contributed by atoms with Crippen LogP contribution in [0.4, 0.5) is 0 Å². The maximum atomic E-state index is 11.0. The number of thiazole rings is 1. The van der Waals surface area contributed by atoms with Crippen LogP contribution in [0, 0.1) is 6.92 Å². The van der Waals surface area contributed by atoms with Gasteiger partial charge in [-0.1, -0.05) is 12.1 Å². The molecule has 0 unspecified atom stereocenters. The minimum atomic E-state index is -0.868. The lowest BCUT2D eigenvalue weighted by atomic mass is 10.2. The van der Waals surface area contributed by atoms with Crippen LogP contribution >= 0.6 is 23.1 Å². The number of hydrogen-bond acceptors (Lipinski definition) is 4. The molecular weight excluding hydrogens is 266 g/mol. The van der Waals surface area contributed by atoms with E-state index in [-0.39, 0.29) is 0 Å². The molecule has 0 saturated carbocycles. The Morgan fingerprint density at radius 1 is 1.44 bits per heavy atom. The SMILES string of the molecule is Cc1ncsc1CCSc1ccccc1C(=O)O. The molecule has 0 atom stereocenters. The van der Waals surface area contributed by atoms with Crippen LogP contribution in [0.2, 0.25) is 0 Å². The van der Waals surface area contributed by atoms with Crippen molar-refractivity contribution in [2.45, 2.75) is 18.2 Å². The molecule has 0 aliphatic carbocycles. The van der Waals surface area contributed by atoms with E-state index in [9.17, 15) is 4.79 Å². The second-order valence-corrected chi connectivity index (χ2v) is 5.84. The Hall–Kier alpha value is -1.33. The maximum absolute atomic E-state index is 11.0. The Bertz CT molecular complexity index is 551. The number of carboxylic acid groups (broad SMARTS) is 1. The second-order valence-electron chi connectivity index (χ2n) is 3.76. The largest absolute Gasteiger partial charge is 0.478 e. The highest BCUT2D eigenvalue weighted by atomic mass is 32.2. The summed E-state index contributed by atoms with van der Waals surface area (Å²) in [6, 6.07) is 7.11. The summed E-state index contributed by atoms with van der Waals surface area (Å²) in [6.07, 6.45) is 0.926. The zero-order chi connectivity index (χ0) is 13.0. The Morgan fingerprint density at radius 2 is 2.22 bits per heavy atom. The lowest BCUT2D eigenvalue weighted by Crippen LogP contribution is -1.99. The van der Waals surface area contributed by atoms with Gasteiger partial charge in [0.05, 0.1) is 16.8 Å². The first-order valence-corrected chi connectivity index (χ1v) is 7.39. The molecule has 2 rings (SSSR count). The molecule has 0 fully saturated rings. The van der Waals surface area contributed by atoms with Gasteiger partial charge in [-0.3, -0.25) is 0 Å². The van der Waals surface area contributed by atoms with Gasteiger partial charge in [-0.15, -0.1) is 23.1 Å². The van der Waals surface area contributed by atoms with E-state index in [2.05, 4.69) is 4.98 Å². The van der Waals surface area contributed by atoms with E-state index < -0.39 is 5.97 Å². The maximum Gasteiger partial charge on any atom is 0.336 e. The Labute approximate surface area is 114 Å². The van der Waals surface area contributed by atoms with Crippen LogP contribution in [0.3, 0.4) is 0 Å². The highest BCUT2D eigenvalue weighted by Crippen LogP contribution is 2.24. The van der Waals surface area contributed by atoms with Gasteiger partial charge >= 0.3 is 5.97 Å². The Kier molecular flexibility index (Phi) is 4.38. The van der Waals surface area contributed by atoms with E-state index in [1.807, 2.05) is 24.6 Å². The molecule has 1 heterocycles. The molecule has 0 aliphatic rings.